The molecule has 0 bridgehead atoms. The van der Waals surface area contributed by atoms with Gasteiger partial charge in [0, 0.05) is 32.2 Å². The van der Waals surface area contributed by atoms with Crippen LogP contribution >= 0.6 is 11.6 Å². The standard InChI is InChI=1S/C14H17ClN4O/c1-17-9-11(15)8-13(17)14(20)19-7-2-4-12(19)10-18-6-3-5-16-18/h3,5-6,8-9,12H,2,4,7,10H2,1H3/t12-/m1/s1. The van der Waals surface area contributed by atoms with E-state index in [-0.39, 0.29) is 11.9 Å². The lowest BCUT2D eigenvalue weighted by Crippen LogP contribution is -2.38. The number of amides is 1. The minimum Gasteiger partial charge on any atom is -0.345 e. The van der Waals surface area contributed by atoms with E-state index >= 15 is 0 Å². The van der Waals surface area contributed by atoms with Crippen LogP contribution in [-0.2, 0) is 13.6 Å². The molecule has 0 unspecified atom stereocenters. The van der Waals surface area contributed by atoms with E-state index in [1.165, 1.54) is 0 Å². The number of nitrogens with zero attached hydrogens (tertiary/aromatic N) is 4. The highest BCUT2D eigenvalue weighted by atomic mass is 35.5. The summed E-state index contributed by atoms with van der Waals surface area (Å²) in [5, 5.41) is 4.82. The summed E-state index contributed by atoms with van der Waals surface area (Å²) >= 11 is 5.96. The maximum Gasteiger partial charge on any atom is 0.270 e. The number of carbonyl (C=O) groups excluding carboxylic acids is 1. The number of rotatable bonds is 3. The molecule has 0 spiro atoms. The van der Waals surface area contributed by atoms with Gasteiger partial charge in [0.25, 0.3) is 5.91 Å². The Kier molecular flexibility index (Phi) is 3.53. The second-order valence-corrected chi connectivity index (χ2v) is 5.61. The Morgan fingerprint density at radius 1 is 1.55 bits per heavy atom. The average Bonchev–Trinajstić information content (AvgIpc) is 3.11. The molecule has 6 heteroatoms. The molecule has 0 radical (unpaired) electrons. The Bertz CT molecular complexity index is 605. The maximum absolute atomic E-state index is 12.6. The topological polar surface area (TPSA) is 43.1 Å². The highest BCUT2D eigenvalue weighted by Crippen LogP contribution is 2.23. The zero-order valence-corrected chi connectivity index (χ0v) is 12.1. The number of aromatic nitrogens is 3. The summed E-state index contributed by atoms with van der Waals surface area (Å²) in [6.07, 6.45) is 7.51. The minimum atomic E-state index is 0.0501. The van der Waals surface area contributed by atoms with Gasteiger partial charge in [-0.25, -0.2) is 0 Å². The third-order valence-corrected chi connectivity index (χ3v) is 3.99. The number of hydrogen-bond donors (Lipinski definition) is 0. The first-order valence-corrected chi connectivity index (χ1v) is 7.13. The van der Waals surface area contributed by atoms with Crippen LogP contribution in [0, 0.1) is 0 Å². The maximum atomic E-state index is 12.6. The number of hydrogen-bond acceptors (Lipinski definition) is 2. The molecule has 3 rings (SSSR count). The van der Waals surface area contributed by atoms with Crippen molar-refractivity contribution in [2.24, 2.45) is 7.05 Å². The number of likely N-dealkylation sites (tertiary alicyclic amines) is 1. The number of carbonyl (C=O) groups is 1. The van der Waals surface area contributed by atoms with Crippen molar-refractivity contribution < 1.29 is 4.79 Å². The molecule has 1 aliphatic rings. The molecular weight excluding hydrogens is 276 g/mol. The molecule has 5 nitrogen and oxygen atoms in total. The van der Waals surface area contributed by atoms with Crippen molar-refractivity contribution in [1.29, 1.82) is 0 Å². The molecule has 1 atom stereocenters. The molecule has 2 aromatic heterocycles. The van der Waals surface area contributed by atoms with Gasteiger partial charge in [0.05, 0.1) is 17.6 Å². The molecule has 1 fully saturated rings. The van der Waals surface area contributed by atoms with Crippen molar-refractivity contribution in [3.8, 4) is 0 Å². The smallest absolute Gasteiger partial charge is 0.270 e. The number of halogens is 1. The lowest BCUT2D eigenvalue weighted by molar-refractivity contribution is 0.0712. The van der Waals surface area contributed by atoms with Crippen LogP contribution in [-0.4, -0.2) is 37.7 Å². The van der Waals surface area contributed by atoms with Crippen LogP contribution < -0.4 is 0 Å². The molecule has 20 heavy (non-hydrogen) atoms. The summed E-state index contributed by atoms with van der Waals surface area (Å²) in [6.45, 7) is 1.55. The van der Waals surface area contributed by atoms with Crippen molar-refractivity contribution in [2.75, 3.05) is 6.54 Å². The van der Waals surface area contributed by atoms with Crippen LogP contribution in [0.25, 0.3) is 0 Å². The Morgan fingerprint density at radius 3 is 3.05 bits per heavy atom. The minimum absolute atomic E-state index is 0.0501. The summed E-state index contributed by atoms with van der Waals surface area (Å²) < 4.78 is 3.67. The van der Waals surface area contributed by atoms with Crippen LogP contribution in [0.1, 0.15) is 23.3 Å². The van der Waals surface area contributed by atoms with Crippen LogP contribution in [0.5, 0.6) is 0 Å². The monoisotopic (exact) mass is 292 g/mol. The Hall–Kier alpha value is -1.75. The van der Waals surface area contributed by atoms with Gasteiger partial charge < -0.3 is 9.47 Å². The summed E-state index contributed by atoms with van der Waals surface area (Å²) in [4.78, 5) is 14.6. The first-order chi connectivity index (χ1) is 9.65. The van der Waals surface area contributed by atoms with E-state index < -0.39 is 0 Å². The molecule has 106 valence electrons. The molecule has 0 aromatic carbocycles. The van der Waals surface area contributed by atoms with E-state index in [4.69, 9.17) is 11.6 Å². The van der Waals surface area contributed by atoms with Gasteiger partial charge in [-0.1, -0.05) is 11.6 Å². The van der Waals surface area contributed by atoms with Gasteiger partial charge in [-0.05, 0) is 25.0 Å². The van der Waals surface area contributed by atoms with E-state index in [9.17, 15) is 4.79 Å². The van der Waals surface area contributed by atoms with Crippen LogP contribution in [0.15, 0.2) is 30.7 Å². The van der Waals surface area contributed by atoms with E-state index in [0.717, 1.165) is 25.9 Å². The van der Waals surface area contributed by atoms with Crippen molar-refractivity contribution in [2.45, 2.75) is 25.4 Å². The molecule has 0 saturated carbocycles. The summed E-state index contributed by atoms with van der Waals surface area (Å²) in [7, 11) is 1.84. The molecule has 0 aliphatic carbocycles. The molecule has 2 aromatic rings. The SMILES string of the molecule is Cn1cc(Cl)cc1C(=O)N1CCC[C@@H]1Cn1cccn1. The van der Waals surface area contributed by atoms with E-state index in [0.29, 0.717) is 10.7 Å². The summed E-state index contributed by atoms with van der Waals surface area (Å²) in [5.41, 5.74) is 0.641. The highest BCUT2D eigenvalue weighted by Gasteiger charge is 2.31. The van der Waals surface area contributed by atoms with Gasteiger partial charge in [0.15, 0.2) is 0 Å². The summed E-state index contributed by atoms with van der Waals surface area (Å²) in [5.74, 6) is 0.0501. The lowest BCUT2D eigenvalue weighted by Gasteiger charge is -2.24. The first kappa shape index (κ1) is 13.2. The fourth-order valence-electron chi connectivity index (χ4n) is 2.80. The molecule has 1 saturated heterocycles. The summed E-state index contributed by atoms with van der Waals surface area (Å²) in [6, 6.07) is 3.83. The zero-order valence-electron chi connectivity index (χ0n) is 11.4. The van der Waals surface area contributed by atoms with Crippen LogP contribution in [0.3, 0.4) is 0 Å². The van der Waals surface area contributed by atoms with Crippen molar-refractivity contribution in [3.05, 3.63) is 41.4 Å². The highest BCUT2D eigenvalue weighted by molar-refractivity contribution is 6.31. The molecule has 1 amide bonds. The Labute approximate surface area is 122 Å². The predicted molar refractivity (Wildman–Crippen MR) is 76.7 cm³/mol. The Morgan fingerprint density at radius 2 is 2.40 bits per heavy atom. The Balaban J connectivity index is 1.78. The molecule has 3 heterocycles. The fourth-order valence-corrected chi connectivity index (χ4v) is 3.05. The van der Waals surface area contributed by atoms with Gasteiger partial charge in [-0.15, -0.1) is 0 Å². The van der Waals surface area contributed by atoms with E-state index in [2.05, 4.69) is 5.10 Å². The third-order valence-electron chi connectivity index (χ3n) is 3.79. The van der Waals surface area contributed by atoms with Crippen molar-refractivity contribution in [3.63, 3.8) is 0 Å². The largest absolute Gasteiger partial charge is 0.345 e. The van der Waals surface area contributed by atoms with Gasteiger partial charge in [0.2, 0.25) is 0 Å². The van der Waals surface area contributed by atoms with Crippen LogP contribution in [0.4, 0.5) is 0 Å². The van der Waals surface area contributed by atoms with Gasteiger partial charge in [0.1, 0.15) is 5.69 Å². The zero-order chi connectivity index (χ0) is 14.1. The van der Waals surface area contributed by atoms with E-state index in [1.807, 2.05) is 28.9 Å². The lowest BCUT2D eigenvalue weighted by atomic mass is 10.2. The quantitative estimate of drug-likeness (QED) is 0.870. The average molecular weight is 293 g/mol. The third kappa shape index (κ3) is 2.45. The van der Waals surface area contributed by atoms with Crippen LogP contribution in [0.2, 0.25) is 5.02 Å². The van der Waals surface area contributed by atoms with E-state index in [1.54, 1.807) is 23.0 Å². The van der Waals surface area contributed by atoms with Gasteiger partial charge in [-0.3, -0.25) is 9.48 Å². The van der Waals surface area contributed by atoms with Gasteiger partial charge >= 0.3 is 0 Å². The van der Waals surface area contributed by atoms with Crippen molar-refractivity contribution in [1.82, 2.24) is 19.2 Å². The normalized spacial score (nSPS) is 18.7. The molecule has 0 N–H and O–H groups in total. The predicted octanol–water partition coefficient (Wildman–Crippen LogP) is 2.18. The second kappa shape index (κ2) is 5.32. The van der Waals surface area contributed by atoms with Gasteiger partial charge in [-0.2, -0.15) is 5.10 Å². The first-order valence-electron chi connectivity index (χ1n) is 6.75. The fraction of sp³-hybridized carbons (Fsp3) is 0.429. The molecule has 1 aliphatic heterocycles. The van der Waals surface area contributed by atoms with Crippen molar-refractivity contribution >= 4 is 17.5 Å². The molecular formula is C14H17ClN4O. The second-order valence-electron chi connectivity index (χ2n) is 5.18. The number of aryl methyl sites for hydroxylation is 1.